The largest absolute Gasteiger partial charge is 0.449 e. The number of nitrogens with two attached hydrogens (primary N) is 1. The van der Waals surface area contributed by atoms with Gasteiger partial charge in [0.25, 0.3) is 5.91 Å². The maximum atomic E-state index is 12.1. The Hall–Kier alpha value is -2.24. The van der Waals surface area contributed by atoms with Crippen LogP contribution in [0.3, 0.4) is 0 Å². The molecule has 0 spiro atoms. The van der Waals surface area contributed by atoms with Gasteiger partial charge in [-0.3, -0.25) is 4.79 Å². The van der Waals surface area contributed by atoms with Crippen molar-refractivity contribution >= 4 is 46.5 Å². The van der Waals surface area contributed by atoms with Gasteiger partial charge in [0.05, 0.1) is 16.3 Å². The molecule has 2 rings (SSSR count). The van der Waals surface area contributed by atoms with Crippen LogP contribution in [0.5, 0.6) is 0 Å². The lowest BCUT2D eigenvalue weighted by Crippen LogP contribution is -2.30. The number of amides is 1. The summed E-state index contributed by atoms with van der Waals surface area (Å²) >= 11 is 11.8. The number of halogens is 2. The molecule has 1 amide bonds. The highest BCUT2D eigenvalue weighted by molar-refractivity contribution is 6.36. The second kappa shape index (κ2) is 7.35. The first kappa shape index (κ1) is 17.1. The zero-order chi connectivity index (χ0) is 17.0. The van der Waals surface area contributed by atoms with Crippen molar-refractivity contribution in [2.45, 2.75) is 13.0 Å². The molecular weight excluding hydrogens is 339 g/mol. The lowest BCUT2D eigenvalue weighted by Gasteiger charge is -2.14. The van der Waals surface area contributed by atoms with Gasteiger partial charge >= 0.3 is 5.97 Å². The zero-order valence-corrected chi connectivity index (χ0v) is 13.7. The van der Waals surface area contributed by atoms with Crippen LogP contribution in [-0.4, -0.2) is 18.0 Å². The van der Waals surface area contributed by atoms with Crippen LogP contribution in [0.1, 0.15) is 17.3 Å². The molecule has 0 saturated carbocycles. The smallest absolute Gasteiger partial charge is 0.338 e. The van der Waals surface area contributed by atoms with Gasteiger partial charge in [0.15, 0.2) is 6.10 Å². The van der Waals surface area contributed by atoms with E-state index < -0.39 is 18.0 Å². The van der Waals surface area contributed by atoms with E-state index in [9.17, 15) is 9.59 Å². The van der Waals surface area contributed by atoms with Gasteiger partial charge in [0.1, 0.15) is 0 Å². The highest BCUT2D eigenvalue weighted by Gasteiger charge is 2.19. The third kappa shape index (κ3) is 4.61. The van der Waals surface area contributed by atoms with E-state index in [4.69, 9.17) is 33.7 Å². The molecule has 1 atom stereocenters. The fourth-order valence-electron chi connectivity index (χ4n) is 1.73. The fraction of sp³-hybridized carbons (Fsp3) is 0.125. The molecule has 2 aromatic rings. The summed E-state index contributed by atoms with van der Waals surface area (Å²) in [6.45, 7) is 1.47. The van der Waals surface area contributed by atoms with Gasteiger partial charge < -0.3 is 15.8 Å². The number of nitrogen functional groups attached to an aromatic ring is 1. The summed E-state index contributed by atoms with van der Waals surface area (Å²) in [7, 11) is 0. The van der Waals surface area contributed by atoms with Crippen LogP contribution in [-0.2, 0) is 9.53 Å². The molecule has 0 bridgehead atoms. The van der Waals surface area contributed by atoms with E-state index >= 15 is 0 Å². The Kier molecular flexibility index (Phi) is 5.47. The average molecular weight is 353 g/mol. The summed E-state index contributed by atoms with van der Waals surface area (Å²) < 4.78 is 5.11. The number of hydrogen-bond acceptors (Lipinski definition) is 4. The summed E-state index contributed by atoms with van der Waals surface area (Å²) in [6, 6.07) is 10.9. The van der Waals surface area contributed by atoms with Crippen molar-refractivity contribution < 1.29 is 14.3 Å². The minimum Gasteiger partial charge on any atom is -0.449 e. The van der Waals surface area contributed by atoms with E-state index in [1.165, 1.54) is 25.1 Å². The minimum absolute atomic E-state index is 0.294. The Morgan fingerprint density at radius 3 is 2.39 bits per heavy atom. The molecule has 3 N–H and O–H groups in total. The Bertz CT molecular complexity index is 733. The second-order valence-corrected chi connectivity index (χ2v) is 5.63. The molecule has 0 aliphatic rings. The van der Waals surface area contributed by atoms with E-state index in [2.05, 4.69) is 5.32 Å². The van der Waals surface area contributed by atoms with E-state index in [0.717, 1.165) is 0 Å². The summed E-state index contributed by atoms with van der Waals surface area (Å²) in [4.78, 5) is 24.0. The number of esters is 1. The fourth-order valence-corrected chi connectivity index (χ4v) is 2.18. The maximum absolute atomic E-state index is 12.1. The molecule has 0 unspecified atom stereocenters. The number of nitrogens with one attached hydrogen (secondary N) is 1. The number of carbonyl (C=O) groups is 2. The van der Waals surface area contributed by atoms with Crippen molar-refractivity contribution in [3.05, 3.63) is 58.1 Å². The zero-order valence-electron chi connectivity index (χ0n) is 12.2. The number of hydrogen-bond donors (Lipinski definition) is 2. The standard InChI is InChI=1S/C16H14Cl2N2O3/c1-9(23-16(22)10-2-5-12(19)6-3-10)15(21)20-14-7-4-11(17)8-13(14)18/h2-9H,19H2,1H3,(H,20,21)/t9-/m1/s1. The van der Waals surface area contributed by atoms with Crippen LogP contribution >= 0.6 is 23.2 Å². The number of anilines is 2. The van der Waals surface area contributed by atoms with Crippen LogP contribution < -0.4 is 11.1 Å². The first-order chi connectivity index (χ1) is 10.9. The molecule has 0 fully saturated rings. The van der Waals surface area contributed by atoms with Gasteiger partial charge in [-0.15, -0.1) is 0 Å². The Labute approximate surface area is 143 Å². The van der Waals surface area contributed by atoms with E-state index in [0.29, 0.717) is 27.0 Å². The van der Waals surface area contributed by atoms with Gasteiger partial charge in [-0.05, 0) is 49.4 Å². The van der Waals surface area contributed by atoms with E-state index in [1.54, 1.807) is 24.3 Å². The molecule has 2 aromatic carbocycles. The van der Waals surface area contributed by atoms with Crippen molar-refractivity contribution in [2.75, 3.05) is 11.1 Å². The van der Waals surface area contributed by atoms with Gasteiger partial charge in [-0.1, -0.05) is 23.2 Å². The predicted octanol–water partition coefficient (Wildman–Crippen LogP) is 3.76. The minimum atomic E-state index is -0.994. The number of benzene rings is 2. The van der Waals surface area contributed by atoms with Crippen molar-refractivity contribution in [2.24, 2.45) is 0 Å². The lowest BCUT2D eigenvalue weighted by molar-refractivity contribution is -0.123. The van der Waals surface area contributed by atoms with Crippen LogP contribution in [0.2, 0.25) is 10.0 Å². The van der Waals surface area contributed by atoms with E-state index in [-0.39, 0.29) is 0 Å². The average Bonchev–Trinajstić information content (AvgIpc) is 2.50. The number of carbonyl (C=O) groups excluding carboxylic acids is 2. The molecule has 7 heteroatoms. The molecule has 0 aliphatic heterocycles. The van der Waals surface area contributed by atoms with Gasteiger partial charge in [-0.25, -0.2) is 4.79 Å². The summed E-state index contributed by atoms with van der Waals surface area (Å²) in [5, 5.41) is 3.33. The van der Waals surface area contributed by atoms with Crippen molar-refractivity contribution in [3.8, 4) is 0 Å². The summed E-state index contributed by atoms with van der Waals surface area (Å²) in [5.41, 5.74) is 6.78. The molecule has 5 nitrogen and oxygen atoms in total. The highest BCUT2D eigenvalue weighted by atomic mass is 35.5. The Balaban J connectivity index is 1.99. The van der Waals surface area contributed by atoms with Gasteiger partial charge in [0.2, 0.25) is 0 Å². The molecule has 0 aromatic heterocycles. The first-order valence-electron chi connectivity index (χ1n) is 6.69. The monoisotopic (exact) mass is 352 g/mol. The molecule has 0 saturated heterocycles. The lowest BCUT2D eigenvalue weighted by atomic mass is 10.2. The van der Waals surface area contributed by atoms with E-state index in [1.807, 2.05) is 0 Å². The first-order valence-corrected chi connectivity index (χ1v) is 7.45. The number of rotatable bonds is 4. The Morgan fingerprint density at radius 1 is 1.13 bits per heavy atom. The van der Waals surface area contributed by atoms with Crippen molar-refractivity contribution in [1.29, 1.82) is 0 Å². The molecular formula is C16H14Cl2N2O3. The summed E-state index contributed by atoms with van der Waals surface area (Å²) in [6.07, 6.45) is -0.994. The van der Waals surface area contributed by atoms with Crippen LogP contribution in [0, 0.1) is 0 Å². The molecule has 0 radical (unpaired) electrons. The molecule has 23 heavy (non-hydrogen) atoms. The van der Waals surface area contributed by atoms with Crippen LogP contribution in [0.4, 0.5) is 11.4 Å². The second-order valence-electron chi connectivity index (χ2n) is 4.78. The number of ether oxygens (including phenoxy) is 1. The maximum Gasteiger partial charge on any atom is 0.338 e. The molecule has 0 heterocycles. The predicted molar refractivity (Wildman–Crippen MR) is 90.8 cm³/mol. The third-order valence-electron chi connectivity index (χ3n) is 2.99. The highest BCUT2D eigenvalue weighted by Crippen LogP contribution is 2.25. The third-order valence-corrected chi connectivity index (χ3v) is 3.54. The Morgan fingerprint density at radius 2 is 1.78 bits per heavy atom. The molecule has 120 valence electrons. The topological polar surface area (TPSA) is 81.4 Å². The van der Waals surface area contributed by atoms with Gasteiger partial charge in [-0.2, -0.15) is 0 Å². The normalized spacial score (nSPS) is 11.6. The summed E-state index contributed by atoms with van der Waals surface area (Å²) in [5.74, 6) is -1.12. The van der Waals surface area contributed by atoms with Gasteiger partial charge in [0, 0.05) is 10.7 Å². The molecule has 0 aliphatic carbocycles. The SMILES string of the molecule is C[C@@H](OC(=O)c1ccc(N)cc1)C(=O)Nc1ccc(Cl)cc1Cl. The van der Waals surface area contributed by atoms with Crippen molar-refractivity contribution in [3.63, 3.8) is 0 Å². The van der Waals surface area contributed by atoms with Crippen molar-refractivity contribution in [1.82, 2.24) is 0 Å². The van der Waals surface area contributed by atoms with Crippen LogP contribution in [0.15, 0.2) is 42.5 Å². The quantitative estimate of drug-likeness (QED) is 0.648. The van der Waals surface area contributed by atoms with Crippen LogP contribution in [0.25, 0.3) is 0 Å².